The van der Waals surface area contributed by atoms with E-state index in [1.165, 1.54) is 6.07 Å². The van der Waals surface area contributed by atoms with Crippen LogP contribution < -0.4 is 5.32 Å². The number of hydrogen-bond donors (Lipinski definition) is 2. The van der Waals surface area contributed by atoms with Gasteiger partial charge in [0.05, 0.1) is 4.92 Å². The first-order valence-corrected chi connectivity index (χ1v) is 5.54. The first-order valence-electron chi connectivity index (χ1n) is 5.54. The van der Waals surface area contributed by atoms with Crippen LogP contribution in [0.4, 0.5) is 11.5 Å². The molecule has 0 aliphatic carbocycles. The lowest BCUT2D eigenvalue weighted by molar-refractivity contribution is -0.385. The van der Waals surface area contributed by atoms with Crippen LogP contribution in [0, 0.1) is 21.4 Å². The highest BCUT2D eigenvalue weighted by Gasteiger charge is 2.19. The predicted octanol–water partition coefficient (Wildman–Crippen LogP) is 1.53. The van der Waals surface area contributed by atoms with E-state index in [-0.39, 0.29) is 11.5 Å². The summed E-state index contributed by atoms with van der Waals surface area (Å²) < 4.78 is 0. The predicted molar refractivity (Wildman–Crippen MR) is 65.6 cm³/mol. The Balaban J connectivity index is 3.00. The summed E-state index contributed by atoms with van der Waals surface area (Å²) >= 11 is 0. The average molecular weight is 264 g/mol. The second kappa shape index (κ2) is 6.30. The molecule has 0 saturated heterocycles. The summed E-state index contributed by atoms with van der Waals surface area (Å²) in [6.07, 6.45) is 1.04. The van der Waals surface area contributed by atoms with Crippen molar-refractivity contribution < 1.29 is 14.8 Å². The summed E-state index contributed by atoms with van der Waals surface area (Å²) in [6, 6.07) is 3.18. The molecule has 1 aromatic heterocycles. The van der Waals surface area contributed by atoms with Crippen molar-refractivity contribution in [3.8, 4) is 6.07 Å². The smallest absolute Gasteiger partial charge is 0.326 e. The van der Waals surface area contributed by atoms with E-state index in [1.54, 1.807) is 6.07 Å². The zero-order valence-corrected chi connectivity index (χ0v) is 10.2. The summed E-state index contributed by atoms with van der Waals surface area (Å²) in [5.74, 6) is -0.913. The summed E-state index contributed by atoms with van der Waals surface area (Å²) in [5, 5.41) is 31.0. The minimum absolute atomic E-state index is 0.128. The topological polar surface area (TPSA) is 129 Å². The van der Waals surface area contributed by atoms with Crippen LogP contribution in [0.3, 0.4) is 0 Å². The maximum absolute atomic E-state index is 11.0. The van der Waals surface area contributed by atoms with Crippen molar-refractivity contribution in [2.45, 2.75) is 25.8 Å². The molecule has 0 amide bonds. The molecule has 0 spiro atoms. The Labute approximate surface area is 108 Å². The minimum Gasteiger partial charge on any atom is -0.480 e. The SMILES string of the molecule is CCCC(Nc1ccc([N+](=O)[O-])c(C#N)n1)C(=O)O. The van der Waals surface area contributed by atoms with E-state index >= 15 is 0 Å². The fraction of sp³-hybridized carbons (Fsp3) is 0.364. The van der Waals surface area contributed by atoms with Crippen molar-refractivity contribution in [1.29, 1.82) is 5.26 Å². The van der Waals surface area contributed by atoms with Crippen molar-refractivity contribution in [2.75, 3.05) is 5.32 Å². The van der Waals surface area contributed by atoms with E-state index in [1.807, 2.05) is 6.92 Å². The number of pyridine rings is 1. The number of nitrogens with zero attached hydrogens (tertiary/aromatic N) is 3. The number of carboxylic acid groups (broad SMARTS) is 1. The van der Waals surface area contributed by atoms with Gasteiger partial charge in [-0.25, -0.2) is 9.78 Å². The van der Waals surface area contributed by atoms with Gasteiger partial charge in [-0.3, -0.25) is 10.1 Å². The number of nitrogens with one attached hydrogen (secondary N) is 1. The normalized spacial score (nSPS) is 11.4. The first-order chi connectivity index (χ1) is 8.99. The van der Waals surface area contributed by atoms with Gasteiger partial charge < -0.3 is 10.4 Å². The Morgan fingerprint density at radius 1 is 1.68 bits per heavy atom. The number of aliphatic carboxylic acids is 1. The Hall–Kier alpha value is -2.69. The molecular weight excluding hydrogens is 252 g/mol. The third-order valence-corrected chi connectivity index (χ3v) is 2.37. The van der Waals surface area contributed by atoms with Crippen molar-refractivity contribution in [2.24, 2.45) is 0 Å². The van der Waals surface area contributed by atoms with E-state index in [9.17, 15) is 14.9 Å². The third-order valence-electron chi connectivity index (χ3n) is 2.37. The molecule has 2 N–H and O–H groups in total. The molecule has 100 valence electrons. The van der Waals surface area contributed by atoms with Gasteiger partial charge in [0, 0.05) is 6.07 Å². The number of aromatic nitrogens is 1. The van der Waals surface area contributed by atoms with Crippen LogP contribution in [-0.4, -0.2) is 27.0 Å². The van der Waals surface area contributed by atoms with Gasteiger partial charge in [-0.15, -0.1) is 0 Å². The number of nitriles is 1. The molecule has 0 aliphatic rings. The molecule has 0 bridgehead atoms. The molecule has 0 aliphatic heterocycles. The Morgan fingerprint density at radius 2 is 2.37 bits per heavy atom. The second-order valence-corrected chi connectivity index (χ2v) is 3.76. The average Bonchev–Trinajstić information content (AvgIpc) is 2.37. The number of carboxylic acids is 1. The van der Waals surface area contributed by atoms with E-state index in [2.05, 4.69) is 10.3 Å². The fourth-order valence-electron chi connectivity index (χ4n) is 1.49. The maximum atomic E-state index is 11.0. The molecule has 1 heterocycles. The number of rotatable bonds is 6. The quantitative estimate of drug-likeness (QED) is 0.588. The van der Waals surface area contributed by atoms with Crippen LogP contribution in [-0.2, 0) is 4.79 Å². The van der Waals surface area contributed by atoms with E-state index in [0.717, 1.165) is 6.07 Å². The van der Waals surface area contributed by atoms with Gasteiger partial charge in [0.1, 0.15) is 17.9 Å². The van der Waals surface area contributed by atoms with Crippen LogP contribution in [0.1, 0.15) is 25.5 Å². The molecule has 8 nitrogen and oxygen atoms in total. The third kappa shape index (κ3) is 3.64. The molecule has 0 aromatic carbocycles. The lowest BCUT2D eigenvalue weighted by atomic mass is 10.1. The Morgan fingerprint density at radius 3 is 2.84 bits per heavy atom. The van der Waals surface area contributed by atoms with Crippen LogP contribution in [0.2, 0.25) is 0 Å². The molecular formula is C11H12N4O4. The first kappa shape index (κ1) is 14.4. The molecule has 1 aromatic rings. The highest BCUT2D eigenvalue weighted by Crippen LogP contribution is 2.19. The van der Waals surface area contributed by atoms with Gasteiger partial charge >= 0.3 is 11.7 Å². The van der Waals surface area contributed by atoms with Gasteiger partial charge in [0.2, 0.25) is 5.69 Å². The van der Waals surface area contributed by atoms with Crippen LogP contribution in [0.25, 0.3) is 0 Å². The number of nitro groups is 1. The number of carbonyl (C=O) groups is 1. The highest BCUT2D eigenvalue weighted by molar-refractivity contribution is 5.76. The van der Waals surface area contributed by atoms with Crippen molar-refractivity contribution in [3.63, 3.8) is 0 Å². The second-order valence-electron chi connectivity index (χ2n) is 3.76. The lowest BCUT2D eigenvalue weighted by Crippen LogP contribution is -2.29. The zero-order valence-electron chi connectivity index (χ0n) is 10.2. The maximum Gasteiger partial charge on any atom is 0.326 e. The van der Waals surface area contributed by atoms with E-state index in [0.29, 0.717) is 12.8 Å². The van der Waals surface area contributed by atoms with Crippen molar-refractivity contribution in [1.82, 2.24) is 4.98 Å². The number of hydrogen-bond acceptors (Lipinski definition) is 6. The standard InChI is InChI=1S/C11H12N4O4/c1-2-3-7(11(16)17)13-10-5-4-9(15(18)19)8(6-12)14-10/h4-5,7H,2-3H2,1H3,(H,13,14)(H,16,17). The summed E-state index contributed by atoms with van der Waals surface area (Å²) in [5.41, 5.74) is -0.758. The largest absolute Gasteiger partial charge is 0.480 e. The Kier molecular flexibility index (Phi) is 4.76. The molecule has 8 heteroatoms. The number of anilines is 1. The highest BCUT2D eigenvalue weighted by atomic mass is 16.6. The van der Waals surface area contributed by atoms with E-state index < -0.39 is 22.6 Å². The molecule has 1 unspecified atom stereocenters. The molecule has 1 rings (SSSR count). The Bertz CT molecular complexity index is 538. The van der Waals surface area contributed by atoms with Gasteiger partial charge in [-0.05, 0) is 12.5 Å². The monoisotopic (exact) mass is 264 g/mol. The fourth-order valence-corrected chi connectivity index (χ4v) is 1.49. The minimum atomic E-state index is -1.04. The van der Waals surface area contributed by atoms with Crippen LogP contribution >= 0.6 is 0 Å². The summed E-state index contributed by atoms with van der Waals surface area (Å²) in [6.45, 7) is 1.83. The van der Waals surface area contributed by atoms with Crippen LogP contribution in [0.15, 0.2) is 12.1 Å². The summed E-state index contributed by atoms with van der Waals surface area (Å²) in [7, 11) is 0. The van der Waals surface area contributed by atoms with E-state index in [4.69, 9.17) is 10.4 Å². The summed E-state index contributed by atoms with van der Waals surface area (Å²) in [4.78, 5) is 24.6. The van der Waals surface area contributed by atoms with Crippen molar-refractivity contribution >= 4 is 17.5 Å². The van der Waals surface area contributed by atoms with Gasteiger partial charge in [-0.1, -0.05) is 13.3 Å². The molecule has 19 heavy (non-hydrogen) atoms. The zero-order chi connectivity index (χ0) is 14.4. The van der Waals surface area contributed by atoms with Gasteiger partial charge in [-0.2, -0.15) is 5.26 Å². The molecule has 0 radical (unpaired) electrons. The van der Waals surface area contributed by atoms with Gasteiger partial charge in [0.25, 0.3) is 0 Å². The molecule has 1 atom stereocenters. The molecule has 0 fully saturated rings. The van der Waals surface area contributed by atoms with Crippen molar-refractivity contribution in [3.05, 3.63) is 27.9 Å². The lowest BCUT2D eigenvalue weighted by Gasteiger charge is -2.13. The van der Waals surface area contributed by atoms with Gasteiger partial charge in [0.15, 0.2) is 0 Å². The molecule has 0 saturated carbocycles. The van der Waals surface area contributed by atoms with Crippen LogP contribution in [0.5, 0.6) is 0 Å².